The predicted molar refractivity (Wildman–Crippen MR) is 163 cm³/mol. The molecule has 0 aliphatic carbocycles. The quantitative estimate of drug-likeness (QED) is 0.194. The van der Waals surface area contributed by atoms with Crippen LogP contribution in [0.25, 0.3) is 11.1 Å². The summed E-state index contributed by atoms with van der Waals surface area (Å²) in [6, 6.07) is 11.8. The predicted octanol–water partition coefficient (Wildman–Crippen LogP) is 6.04. The third-order valence-corrected chi connectivity index (χ3v) is 8.35. The minimum absolute atomic E-state index is 0.00831. The molecule has 2 aromatic heterocycles. The molecule has 3 aromatic rings. The first-order valence-electron chi connectivity index (χ1n) is 13.2. The molecule has 218 valence electrons. The Hall–Kier alpha value is -4.39. The maximum absolute atomic E-state index is 12.9. The number of hydrogen-bond acceptors (Lipinski definition) is 11. The van der Waals surface area contributed by atoms with E-state index in [1.807, 2.05) is 24.3 Å². The number of carbonyl (C=O) groups excluding carboxylic acids is 3. The van der Waals surface area contributed by atoms with E-state index in [0.717, 1.165) is 28.7 Å². The van der Waals surface area contributed by atoms with Crippen LogP contribution in [0.1, 0.15) is 82.3 Å². The Kier molecular flexibility index (Phi) is 11.1. The zero-order chi connectivity index (χ0) is 31.0. The number of aromatic nitrogens is 1. The molecule has 12 heteroatoms. The van der Waals surface area contributed by atoms with Crippen molar-refractivity contribution in [2.75, 3.05) is 30.0 Å². The summed E-state index contributed by atoms with van der Waals surface area (Å²) >= 11 is 2.10. The van der Waals surface area contributed by atoms with Gasteiger partial charge in [-0.3, -0.25) is 4.79 Å². The number of esters is 2. The number of thioether (sulfide) groups is 1. The van der Waals surface area contributed by atoms with E-state index in [9.17, 15) is 24.9 Å². The molecule has 1 aromatic carbocycles. The van der Waals surface area contributed by atoms with Crippen LogP contribution in [-0.2, 0) is 14.3 Å². The number of nitrogens with one attached hydrogen (secondary N) is 1. The van der Waals surface area contributed by atoms with Crippen molar-refractivity contribution in [3.63, 3.8) is 0 Å². The number of nitriles is 2. The Labute approximate surface area is 252 Å². The molecule has 0 aliphatic heterocycles. The van der Waals surface area contributed by atoms with Gasteiger partial charge in [-0.2, -0.15) is 10.5 Å². The SMILES string of the molecule is CCOC(=O)c1sc(NC(=O)CCSc2nc(N)c(C#N)c(-c3ccc(C(C)C)cc3)c2C#N)c(C(=O)OCC)c1C. The summed E-state index contributed by atoms with van der Waals surface area (Å²) in [7, 11) is 0. The fraction of sp³-hybridized carbons (Fsp3) is 0.333. The molecule has 0 spiro atoms. The lowest BCUT2D eigenvalue weighted by Gasteiger charge is -2.14. The van der Waals surface area contributed by atoms with Crippen molar-refractivity contribution in [1.82, 2.24) is 4.98 Å². The van der Waals surface area contributed by atoms with Gasteiger partial charge in [-0.1, -0.05) is 38.1 Å². The molecular weight excluding hydrogens is 574 g/mol. The number of rotatable bonds is 11. The van der Waals surface area contributed by atoms with Crippen molar-refractivity contribution >= 4 is 51.8 Å². The lowest BCUT2D eigenvalue weighted by molar-refractivity contribution is -0.115. The van der Waals surface area contributed by atoms with Crippen LogP contribution in [0.2, 0.25) is 0 Å². The lowest BCUT2D eigenvalue weighted by Crippen LogP contribution is -2.15. The molecule has 0 fully saturated rings. The van der Waals surface area contributed by atoms with Gasteiger partial charge in [-0.25, -0.2) is 14.6 Å². The van der Waals surface area contributed by atoms with Crippen LogP contribution in [0.3, 0.4) is 0 Å². The van der Waals surface area contributed by atoms with Crippen molar-refractivity contribution in [1.29, 1.82) is 10.5 Å². The molecule has 42 heavy (non-hydrogen) atoms. The van der Waals surface area contributed by atoms with Crippen molar-refractivity contribution in [3.8, 4) is 23.3 Å². The monoisotopic (exact) mass is 605 g/mol. The Balaban J connectivity index is 1.84. The summed E-state index contributed by atoms with van der Waals surface area (Å²) in [5, 5.41) is 23.0. The van der Waals surface area contributed by atoms with Gasteiger partial charge in [0.15, 0.2) is 0 Å². The topological polar surface area (TPSA) is 168 Å². The fourth-order valence-electron chi connectivity index (χ4n) is 4.10. The molecule has 3 rings (SSSR count). The van der Waals surface area contributed by atoms with Crippen molar-refractivity contribution in [3.05, 3.63) is 57.0 Å². The van der Waals surface area contributed by atoms with Crippen LogP contribution in [-0.4, -0.2) is 41.8 Å². The minimum Gasteiger partial charge on any atom is -0.462 e. The van der Waals surface area contributed by atoms with Crippen molar-refractivity contribution in [2.45, 2.75) is 52.0 Å². The molecule has 10 nitrogen and oxygen atoms in total. The van der Waals surface area contributed by atoms with E-state index in [2.05, 4.69) is 36.3 Å². The van der Waals surface area contributed by atoms with Crippen LogP contribution in [0.4, 0.5) is 10.8 Å². The second-order valence-corrected chi connectivity index (χ2v) is 11.4. The van der Waals surface area contributed by atoms with Gasteiger partial charge in [0, 0.05) is 17.7 Å². The van der Waals surface area contributed by atoms with Gasteiger partial charge in [0.2, 0.25) is 5.91 Å². The molecular formula is C30H31N5O5S2. The number of benzene rings is 1. The first-order valence-corrected chi connectivity index (χ1v) is 15.0. The Morgan fingerprint density at radius 1 is 1.05 bits per heavy atom. The van der Waals surface area contributed by atoms with E-state index in [0.29, 0.717) is 27.6 Å². The highest BCUT2D eigenvalue weighted by molar-refractivity contribution is 7.99. The van der Waals surface area contributed by atoms with Crippen molar-refractivity contribution < 1.29 is 23.9 Å². The summed E-state index contributed by atoms with van der Waals surface area (Å²) in [6.45, 7) is 9.36. The number of anilines is 2. The zero-order valence-corrected chi connectivity index (χ0v) is 25.6. The summed E-state index contributed by atoms with van der Waals surface area (Å²) < 4.78 is 10.2. The molecule has 0 aliphatic rings. The Bertz CT molecular complexity index is 1580. The van der Waals surface area contributed by atoms with Crippen LogP contribution in [0, 0.1) is 29.6 Å². The van der Waals surface area contributed by atoms with E-state index < -0.39 is 17.8 Å². The van der Waals surface area contributed by atoms with Gasteiger partial charge >= 0.3 is 11.9 Å². The Morgan fingerprint density at radius 2 is 1.67 bits per heavy atom. The number of nitrogen functional groups attached to an aromatic ring is 1. The van der Waals surface area contributed by atoms with E-state index in [4.69, 9.17) is 15.2 Å². The molecule has 0 saturated heterocycles. The van der Waals surface area contributed by atoms with Gasteiger partial charge in [-0.05, 0) is 43.4 Å². The summed E-state index contributed by atoms with van der Waals surface area (Å²) in [6.07, 6.45) is -0.0104. The summed E-state index contributed by atoms with van der Waals surface area (Å²) in [4.78, 5) is 42.4. The van der Waals surface area contributed by atoms with E-state index in [-0.39, 0.29) is 57.8 Å². The largest absolute Gasteiger partial charge is 0.462 e. The van der Waals surface area contributed by atoms with Crippen LogP contribution in [0.5, 0.6) is 0 Å². The fourth-order valence-corrected chi connectivity index (χ4v) is 6.14. The van der Waals surface area contributed by atoms with Crippen LogP contribution in [0.15, 0.2) is 29.3 Å². The van der Waals surface area contributed by atoms with E-state index in [1.54, 1.807) is 20.8 Å². The minimum atomic E-state index is -0.656. The lowest BCUT2D eigenvalue weighted by atomic mass is 9.94. The van der Waals surface area contributed by atoms with Gasteiger partial charge < -0.3 is 20.5 Å². The second-order valence-electron chi connectivity index (χ2n) is 9.28. The molecule has 3 N–H and O–H groups in total. The van der Waals surface area contributed by atoms with Gasteiger partial charge in [0.05, 0.1) is 24.3 Å². The van der Waals surface area contributed by atoms with Crippen LogP contribution < -0.4 is 11.1 Å². The maximum atomic E-state index is 12.9. The van der Waals surface area contributed by atoms with Gasteiger partial charge in [-0.15, -0.1) is 23.1 Å². The molecule has 0 radical (unpaired) electrons. The van der Waals surface area contributed by atoms with Crippen LogP contribution >= 0.6 is 23.1 Å². The number of hydrogen-bond donors (Lipinski definition) is 2. The number of thiophene rings is 1. The average Bonchev–Trinajstić information content (AvgIpc) is 3.28. The molecule has 0 atom stereocenters. The summed E-state index contributed by atoms with van der Waals surface area (Å²) in [5.41, 5.74) is 9.08. The molecule has 0 saturated carbocycles. The molecule has 0 bridgehead atoms. The highest BCUT2D eigenvalue weighted by Crippen LogP contribution is 2.37. The first kappa shape index (κ1) is 32.1. The first-order chi connectivity index (χ1) is 20.1. The highest BCUT2D eigenvalue weighted by Gasteiger charge is 2.27. The molecule has 0 unspecified atom stereocenters. The molecule has 2 heterocycles. The van der Waals surface area contributed by atoms with Crippen molar-refractivity contribution in [2.24, 2.45) is 0 Å². The zero-order valence-electron chi connectivity index (χ0n) is 24.0. The average molecular weight is 606 g/mol. The number of nitrogens with zero attached hydrogens (tertiary/aromatic N) is 3. The normalized spacial score (nSPS) is 10.6. The highest BCUT2D eigenvalue weighted by atomic mass is 32.2. The number of ether oxygens (including phenoxy) is 2. The standard InChI is InChI=1S/C30H31N5O5S2/c1-6-39-29(37)23-17(5)25(30(38)40-7-2)42-28(23)34-22(36)12-13-41-27-21(15-32)24(20(14-31)26(33)35-27)19-10-8-18(9-11-19)16(3)4/h8-11,16H,6-7,12-13H2,1-5H3,(H2,33,35)(H,34,36). The number of nitrogens with two attached hydrogens (primary N) is 1. The Morgan fingerprint density at radius 3 is 2.24 bits per heavy atom. The van der Waals surface area contributed by atoms with Gasteiger partial charge in [0.1, 0.15) is 38.4 Å². The number of amides is 1. The number of pyridine rings is 1. The maximum Gasteiger partial charge on any atom is 0.348 e. The smallest absolute Gasteiger partial charge is 0.348 e. The molecule has 1 amide bonds. The van der Waals surface area contributed by atoms with E-state index >= 15 is 0 Å². The third kappa shape index (κ3) is 7.08. The summed E-state index contributed by atoms with van der Waals surface area (Å²) in [5.74, 6) is -1.15. The third-order valence-electron chi connectivity index (χ3n) is 6.19. The second kappa shape index (κ2) is 14.5. The van der Waals surface area contributed by atoms with Gasteiger partial charge in [0.25, 0.3) is 0 Å². The van der Waals surface area contributed by atoms with E-state index in [1.165, 1.54) is 0 Å². The number of carbonyl (C=O) groups is 3.